The maximum Gasteiger partial charge on any atom is 0.307 e. The Morgan fingerprint density at radius 3 is 2.75 bits per heavy atom. The van der Waals surface area contributed by atoms with Gasteiger partial charge in [-0.05, 0) is 32.0 Å². The number of benzene rings is 1. The van der Waals surface area contributed by atoms with Gasteiger partial charge in [0.15, 0.2) is 0 Å². The van der Waals surface area contributed by atoms with E-state index in [9.17, 15) is 4.79 Å². The largest absolute Gasteiger partial charge is 0.481 e. The first-order valence-corrected chi connectivity index (χ1v) is 6.28. The molecule has 0 fully saturated rings. The van der Waals surface area contributed by atoms with E-state index < -0.39 is 5.97 Å². The average molecular weight is 290 g/mol. The van der Waals surface area contributed by atoms with Crippen LogP contribution < -0.4 is 0 Å². The highest BCUT2D eigenvalue weighted by Gasteiger charge is 2.16. The highest BCUT2D eigenvalue weighted by molar-refractivity contribution is 6.32. The number of carboxylic acid groups (broad SMARTS) is 1. The van der Waals surface area contributed by atoms with Crippen LogP contribution in [0.4, 0.5) is 0 Å². The van der Waals surface area contributed by atoms with Gasteiger partial charge in [0.25, 0.3) is 0 Å². The van der Waals surface area contributed by atoms with E-state index in [1.165, 1.54) is 0 Å². The summed E-state index contributed by atoms with van der Waals surface area (Å²) in [4.78, 5) is 10.9. The van der Waals surface area contributed by atoms with Crippen molar-refractivity contribution in [3.8, 4) is 11.8 Å². The standard InChI is InChI=1S/C14H12ClN3O2/c1-8-11(6-14(19)20)9(2)18(17-8)13-4-3-10(7-16)5-12(13)15/h3-5H,6H2,1-2H3,(H,19,20). The fourth-order valence-electron chi connectivity index (χ4n) is 2.06. The lowest BCUT2D eigenvalue weighted by molar-refractivity contribution is -0.136. The average Bonchev–Trinajstić information content (AvgIpc) is 2.66. The molecule has 1 heterocycles. The first-order chi connectivity index (χ1) is 9.43. The van der Waals surface area contributed by atoms with Crippen molar-refractivity contribution < 1.29 is 9.90 Å². The highest BCUT2D eigenvalue weighted by atomic mass is 35.5. The summed E-state index contributed by atoms with van der Waals surface area (Å²) < 4.78 is 1.61. The normalized spacial score (nSPS) is 10.3. The number of carboxylic acids is 1. The zero-order chi connectivity index (χ0) is 14.9. The van der Waals surface area contributed by atoms with Crippen LogP contribution in [0, 0.1) is 25.2 Å². The summed E-state index contributed by atoms with van der Waals surface area (Å²) in [6.07, 6.45) is -0.0778. The van der Waals surface area contributed by atoms with E-state index >= 15 is 0 Å². The molecule has 0 bridgehead atoms. The van der Waals surface area contributed by atoms with Crippen molar-refractivity contribution >= 4 is 17.6 Å². The smallest absolute Gasteiger partial charge is 0.307 e. The third-order valence-electron chi connectivity index (χ3n) is 3.07. The van der Waals surface area contributed by atoms with Crippen molar-refractivity contribution in [2.45, 2.75) is 20.3 Å². The summed E-state index contributed by atoms with van der Waals surface area (Å²) in [7, 11) is 0. The molecule has 2 aromatic rings. The quantitative estimate of drug-likeness (QED) is 0.942. The van der Waals surface area contributed by atoms with Crippen molar-refractivity contribution in [3.05, 3.63) is 45.7 Å². The predicted octanol–water partition coefficient (Wildman–Crippen LogP) is 2.64. The molecule has 0 spiro atoms. The number of rotatable bonds is 3. The zero-order valence-electron chi connectivity index (χ0n) is 11.0. The molecule has 1 N–H and O–H groups in total. The molecule has 0 atom stereocenters. The lowest BCUT2D eigenvalue weighted by Gasteiger charge is -2.07. The molecular weight excluding hydrogens is 278 g/mol. The monoisotopic (exact) mass is 289 g/mol. The Hall–Kier alpha value is -2.32. The summed E-state index contributed by atoms with van der Waals surface area (Å²) in [5.74, 6) is -0.901. The van der Waals surface area contributed by atoms with E-state index in [2.05, 4.69) is 5.10 Å². The number of halogens is 1. The van der Waals surface area contributed by atoms with Gasteiger partial charge in [0.1, 0.15) is 0 Å². The van der Waals surface area contributed by atoms with Gasteiger partial charge in [0, 0.05) is 11.3 Å². The minimum Gasteiger partial charge on any atom is -0.481 e. The van der Waals surface area contributed by atoms with E-state index in [1.54, 1.807) is 36.7 Å². The van der Waals surface area contributed by atoms with Crippen LogP contribution in [-0.2, 0) is 11.2 Å². The van der Waals surface area contributed by atoms with Crippen LogP contribution in [0.15, 0.2) is 18.2 Å². The van der Waals surface area contributed by atoms with Gasteiger partial charge in [-0.25, -0.2) is 4.68 Å². The van der Waals surface area contributed by atoms with Gasteiger partial charge in [-0.2, -0.15) is 10.4 Å². The second-order valence-electron chi connectivity index (χ2n) is 4.41. The van der Waals surface area contributed by atoms with Crippen LogP contribution in [0.1, 0.15) is 22.5 Å². The number of aliphatic carboxylic acids is 1. The zero-order valence-corrected chi connectivity index (χ0v) is 11.8. The first-order valence-electron chi connectivity index (χ1n) is 5.91. The Kier molecular flexibility index (Phi) is 3.77. The number of carbonyl (C=O) groups is 1. The number of aromatic nitrogens is 2. The number of nitriles is 1. The fourth-order valence-corrected chi connectivity index (χ4v) is 2.33. The Labute approximate surface area is 121 Å². The van der Waals surface area contributed by atoms with Crippen molar-refractivity contribution in [2.75, 3.05) is 0 Å². The Morgan fingerprint density at radius 1 is 1.50 bits per heavy atom. The summed E-state index contributed by atoms with van der Waals surface area (Å²) in [5.41, 5.74) is 3.16. The topological polar surface area (TPSA) is 78.9 Å². The molecule has 20 heavy (non-hydrogen) atoms. The second-order valence-corrected chi connectivity index (χ2v) is 4.82. The third kappa shape index (κ3) is 2.51. The van der Waals surface area contributed by atoms with E-state index in [0.717, 1.165) is 5.69 Å². The number of hydrogen-bond acceptors (Lipinski definition) is 3. The van der Waals surface area contributed by atoms with Crippen molar-refractivity contribution in [2.24, 2.45) is 0 Å². The summed E-state index contributed by atoms with van der Waals surface area (Å²) in [5, 5.41) is 22.5. The van der Waals surface area contributed by atoms with Gasteiger partial charge in [-0.15, -0.1) is 0 Å². The minimum absolute atomic E-state index is 0.0778. The lowest BCUT2D eigenvalue weighted by atomic mass is 10.1. The van der Waals surface area contributed by atoms with Crippen LogP contribution >= 0.6 is 11.6 Å². The van der Waals surface area contributed by atoms with Crippen molar-refractivity contribution in [3.63, 3.8) is 0 Å². The van der Waals surface area contributed by atoms with Crippen molar-refractivity contribution in [1.82, 2.24) is 9.78 Å². The number of aryl methyl sites for hydroxylation is 1. The fraction of sp³-hybridized carbons (Fsp3) is 0.214. The van der Waals surface area contributed by atoms with E-state index in [1.807, 2.05) is 6.07 Å². The Bertz CT molecular complexity index is 729. The van der Waals surface area contributed by atoms with Gasteiger partial charge in [0.2, 0.25) is 0 Å². The third-order valence-corrected chi connectivity index (χ3v) is 3.38. The summed E-state index contributed by atoms with van der Waals surface area (Å²) in [6, 6.07) is 6.92. The summed E-state index contributed by atoms with van der Waals surface area (Å²) >= 11 is 6.15. The molecule has 102 valence electrons. The predicted molar refractivity (Wildman–Crippen MR) is 74.1 cm³/mol. The van der Waals surface area contributed by atoms with Gasteiger partial charge < -0.3 is 5.11 Å². The van der Waals surface area contributed by atoms with Crippen molar-refractivity contribution in [1.29, 1.82) is 5.26 Å². The SMILES string of the molecule is Cc1nn(-c2ccc(C#N)cc2Cl)c(C)c1CC(=O)O. The molecule has 6 heteroatoms. The van der Waals surface area contributed by atoms with E-state index in [-0.39, 0.29) is 6.42 Å². The first kappa shape index (κ1) is 14.1. The molecule has 0 saturated heterocycles. The van der Waals surface area contributed by atoms with E-state index in [0.29, 0.717) is 27.5 Å². The molecule has 1 aromatic carbocycles. The van der Waals surface area contributed by atoms with E-state index in [4.69, 9.17) is 22.0 Å². The molecule has 5 nitrogen and oxygen atoms in total. The molecule has 0 aliphatic carbocycles. The minimum atomic E-state index is -0.901. The lowest BCUT2D eigenvalue weighted by Crippen LogP contribution is -2.04. The number of hydrogen-bond donors (Lipinski definition) is 1. The molecule has 0 saturated carbocycles. The molecule has 0 radical (unpaired) electrons. The van der Waals surface area contributed by atoms with Crippen LogP contribution in [0.25, 0.3) is 5.69 Å². The molecule has 0 unspecified atom stereocenters. The Morgan fingerprint density at radius 2 is 2.20 bits per heavy atom. The summed E-state index contributed by atoms with van der Waals surface area (Å²) in [6.45, 7) is 3.56. The van der Waals surface area contributed by atoms with Gasteiger partial charge in [-0.1, -0.05) is 11.6 Å². The maximum atomic E-state index is 10.9. The van der Waals surface area contributed by atoms with Crippen LogP contribution in [-0.4, -0.2) is 20.9 Å². The molecular formula is C14H12ClN3O2. The molecule has 0 amide bonds. The van der Waals surface area contributed by atoms with Crippen LogP contribution in [0.3, 0.4) is 0 Å². The van der Waals surface area contributed by atoms with Gasteiger partial charge in [-0.3, -0.25) is 4.79 Å². The highest BCUT2D eigenvalue weighted by Crippen LogP contribution is 2.25. The Balaban J connectivity index is 2.54. The van der Waals surface area contributed by atoms with Gasteiger partial charge in [0.05, 0.1) is 34.5 Å². The number of nitrogens with zero attached hydrogens (tertiary/aromatic N) is 3. The molecule has 0 aliphatic heterocycles. The van der Waals surface area contributed by atoms with Crippen LogP contribution in [0.5, 0.6) is 0 Å². The maximum absolute atomic E-state index is 10.9. The molecule has 2 rings (SSSR count). The van der Waals surface area contributed by atoms with Crippen LogP contribution in [0.2, 0.25) is 5.02 Å². The molecule has 1 aromatic heterocycles. The molecule has 0 aliphatic rings. The van der Waals surface area contributed by atoms with Gasteiger partial charge >= 0.3 is 5.97 Å². The second kappa shape index (κ2) is 5.35.